The Hall–Kier alpha value is -2.06. The molecule has 0 bridgehead atoms. The zero-order valence-electron chi connectivity index (χ0n) is 15.2. The number of hydrogen-bond acceptors (Lipinski definition) is 4. The lowest BCUT2D eigenvalue weighted by Crippen LogP contribution is -2.51. The highest BCUT2D eigenvalue weighted by Gasteiger charge is 2.39. The molecule has 2 saturated heterocycles. The van der Waals surface area contributed by atoms with E-state index in [1.165, 1.54) is 0 Å². The van der Waals surface area contributed by atoms with Gasteiger partial charge < -0.3 is 14.5 Å². The standard InChI is InChI=1S/C20H27N3O2/c1-16(24)22-10-6-18(7-11-22)23-12-8-20(15-21,9-13-23)17-4-3-5-19(14-17)25-2/h3-5,14,18H,6-13H2,1-2H3. The Kier molecular flexibility index (Phi) is 5.29. The van der Waals surface area contributed by atoms with Gasteiger partial charge in [-0.15, -0.1) is 0 Å². The van der Waals surface area contributed by atoms with E-state index in [9.17, 15) is 10.1 Å². The number of hydrogen-bond donors (Lipinski definition) is 0. The van der Waals surface area contributed by atoms with Crippen LogP contribution in [0.3, 0.4) is 0 Å². The molecule has 0 saturated carbocycles. The Balaban J connectivity index is 1.64. The fourth-order valence-corrected chi connectivity index (χ4v) is 4.20. The SMILES string of the molecule is COc1cccc(C2(C#N)CCN(C3CCN(C(C)=O)CC3)CC2)c1. The summed E-state index contributed by atoms with van der Waals surface area (Å²) in [4.78, 5) is 15.9. The summed E-state index contributed by atoms with van der Waals surface area (Å²) >= 11 is 0. The Bertz CT molecular complexity index is 651. The third-order valence-corrected chi connectivity index (χ3v) is 5.91. The van der Waals surface area contributed by atoms with E-state index in [0.717, 1.165) is 63.2 Å². The van der Waals surface area contributed by atoms with Crippen molar-refractivity contribution in [2.75, 3.05) is 33.3 Å². The summed E-state index contributed by atoms with van der Waals surface area (Å²) in [6.45, 7) is 5.24. The molecule has 2 aliphatic heterocycles. The molecule has 0 aromatic heterocycles. The first-order valence-corrected chi connectivity index (χ1v) is 9.13. The van der Waals surface area contributed by atoms with Crippen LogP contribution in [0.4, 0.5) is 0 Å². The van der Waals surface area contributed by atoms with E-state index in [0.29, 0.717) is 6.04 Å². The summed E-state index contributed by atoms with van der Waals surface area (Å²) in [5, 5.41) is 9.90. The maximum Gasteiger partial charge on any atom is 0.219 e. The fraction of sp³-hybridized carbons (Fsp3) is 0.600. The van der Waals surface area contributed by atoms with Gasteiger partial charge in [-0.05, 0) is 43.4 Å². The molecule has 3 rings (SSSR count). The number of likely N-dealkylation sites (tertiary alicyclic amines) is 2. The van der Waals surface area contributed by atoms with Gasteiger partial charge in [-0.25, -0.2) is 0 Å². The molecule has 2 aliphatic rings. The Morgan fingerprint density at radius 1 is 1.24 bits per heavy atom. The molecule has 0 atom stereocenters. The Labute approximate surface area is 150 Å². The van der Waals surface area contributed by atoms with Crippen LogP contribution < -0.4 is 4.74 Å². The molecule has 5 nitrogen and oxygen atoms in total. The van der Waals surface area contributed by atoms with E-state index < -0.39 is 5.41 Å². The largest absolute Gasteiger partial charge is 0.497 e. The monoisotopic (exact) mass is 341 g/mol. The Morgan fingerprint density at radius 2 is 1.92 bits per heavy atom. The van der Waals surface area contributed by atoms with Crippen molar-refractivity contribution < 1.29 is 9.53 Å². The highest BCUT2D eigenvalue weighted by molar-refractivity contribution is 5.73. The van der Waals surface area contributed by atoms with Gasteiger partial charge in [0.2, 0.25) is 5.91 Å². The number of carbonyl (C=O) groups is 1. The van der Waals surface area contributed by atoms with Gasteiger partial charge in [-0.3, -0.25) is 4.79 Å². The number of methoxy groups -OCH3 is 1. The molecule has 1 amide bonds. The van der Waals surface area contributed by atoms with E-state index in [1.807, 2.05) is 29.2 Å². The summed E-state index contributed by atoms with van der Waals surface area (Å²) in [6, 6.07) is 11.1. The molecule has 0 radical (unpaired) electrons. The summed E-state index contributed by atoms with van der Waals surface area (Å²) in [5.41, 5.74) is 0.658. The molecule has 5 heteroatoms. The van der Waals surface area contributed by atoms with Crippen LogP contribution >= 0.6 is 0 Å². The molecule has 1 aromatic carbocycles. The van der Waals surface area contributed by atoms with E-state index in [4.69, 9.17) is 4.74 Å². The number of rotatable bonds is 3. The number of piperidine rings is 2. The number of carbonyl (C=O) groups excluding carboxylic acids is 1. The van der Waals surface area contributed by atoms with Crippen molar-refractivity contribution in [1.29, 1.82) is 5.26 Å². The molecule has 2 fully saturated rings. The zero-order valence-corrected chi connectivity index (χ0v) is 15.2. The molecule has 0 unspecified atom stereocenters. The van der Waals surface area contributed by atoms with E-state index in [1.54, 1.807) is 14.0 Å². The van der Waals surface area contributed by atoms with E-state index >= 15 is 0 Å². The lowest BCUT2D eigenvalue weighted by Gasteiger charge is -2.44. The molecule has 0 aliphatic carbocycles. The number of amides is 1. The fourth-order valence-electron chi connectivity index (χ4n) is 4.20. The summed E-state index contributed by atoms with van der Waals surface area (Å²) < 4.78 is 5.33. The maximum atomic E-state index is 11.5. The zero-order chi connectivity index (χ0) is 17.9. The van der Waals surface area contributed by atoms with Crippen LogP contribution in [-0.4, -0.2) is 55.0 Å². The topological polar surface area (TPSA) is 56.6 Å². The van der Waals surface area contributed by atoms with Gasteiger partial charge in [-0.1, -0.05) is 12.1 Å². The second-order valence-electron chi connectivity index (χ2n) is 7.20. The van der Waals surface area contributed by atoms with Crippen LogP contribution in [0.2, 0.25) is 0 Å². The van der Waals surface area contributed by atoms with Gasteiger partial charge >= 0.3 is 0 Å². The minimum atomic E-state index is -0.412. The minimum absolute atomic E-state index is 0.179. The van der Waals surface area contributed by atoms with E-state index in [2.05, 4.69) is 11.0 Å². The van der Waals surface area contributed by atoms with Crippen molar-refractivity contribution >= 4 is 5.91 Å². The van der Waals surface area contributed by atoms with Crippen molar-refractivity contribution in [3.63, 3.8) is 0 Å². The summed E-state index contributed by atoms with van der Waals surface area (Å²) in [7, 11) is 1.66. The van der Waals surface area contributed by atoms with Crippen LogP contribution in [0.15, 0.2) is 24.3 Å². The van der Waals surface area contributed by atoms with Gasteiger partial charge in [0.15, 0.2) is 0 Å². The molecule has 134 valence electrons. The van der Waals surface area contributed by atoms with Crippen molar-refractivity contribution in [2.24, 2.45) is 0 Å². The predicted octanol–water partition coefficient (Wildman–Crippen LogP) is 2.56. The smallest absolute Gasteiger partial charge is 0.219 e. The van der Waals surface area contributed by atoms with Gasteiger partial charge in [0, 0.05) is 39.1 Å². The van der Waals surface area contributed by atoms with Crippen molar-refractivity contribution in [2.45, 2.75) is 44.1 Å². The van der Waals surface area contributed by atoms with Crippen LogP contribution in [0.5, 0.6) is 5.75 Å². The van der Waals surface area contributed by atoms with Gasteiger partial charge in [0.25, 0.3) is 0 Å². The van der Waals surface area contributed by atoms with Crippen LogP contribution in [-0.2, 0) is 10.2 Å². The summed E-state index contributed by atoms with van der Waals surface area (Å²) in [6.07, 6.45) is 3.78. The van der Waals surface area contributed by atoms with E-state index in [-0.39, 0.29) is 5.91 Å². The summed E-state index contributed by atoms with van der Waals surface area (Å²) in [5.74, 6) is 0.991. The molecule has 2 heterocycles. The molecule has 25 heavy (non-hydrogen) atoms. The maximum absolute atomic E-state index is 11.5. The third kappa shape index (κ3) is 3.64. The third-order valence-electron chi connectivity index (χ3n) is 5.91. The van der Waals surface area contributed by atoms with Crippen molar-refractivity contribution in [3.8, 4) is 11.8 Å². The minimum Gasteiger partial charge on any atom is -0.497 e. The average Bonchev–Trinajstić information content (AvgIpc) is 2.68. The first-order chi connectivity index (χ1) is 12.1. The van der Waals surface area contributed by atoms with Gasteiger partial charge in [0.1, 0.15) is 5.75 Å². The van der Waals surface area contributed by atoms with Gasteiger partial charge in [-0.2, -0.15) is 5.26 Å². The lowest BCUT2D eigenvalue weighted by molar-refractivity contribution is -0.130. The number of nitrogens with zero attached hydrogens (tertiary/aromatic N) is 3. The quantitative estimate of drug-likeness (QED) is 0.848. The first kappa shape index (κ1) is 17.8. The van der Waals surface area contributed by atoms with Crippen molar-refractivity contribution in [1.82, 2.24) is 9.80 Å². The second kappa shape index (κ2) is 7.45. The number of ether oxygens (including phenoxy) is 1. The highest BCUT2D eigenvalue weighted by Crippen LogP contribution is 2.37. The van der Waals surface area contributed by atoms with Crippen LogP contribution in [0, 0.1) is 11.3 Å². The molecule has 0 spiro atoms. The first-order valence-electron chi connectivity index (χ1n) is 9.13. The molecule has 1 aromatic rings. The van der Waals surface area contributed by atoms with Gasteiger partial charge in [0.05, 0.1) is 18.6 Å². The van der Waals surface area contributed by atoms with Crippen molar-refractivity contribution in [3.05, 3.63) is 29.8 Å². The highest BCUT2D eigenvalue weighted by atomic mass is 16.5. The van der Waals surface area contributed by atoms with Crippen LogP contribution in [0.1, 0.15) is 38.2 Å². The predicted molar refractivity (Wildman–Crippen MR) is 96.4 cm³/mol. The second-order valence-corrected chi connectivity index (χ2v) is 7.20. The average molecular weight is 341 g/mol. The van der Waals surface area contributed by atoms with Crippen LogP contribution in [0.25, 0.3) is 0 Å². The Morgan fingerprint density at radius 3 is 2.48 bits per heavy atom. The number of nitriles is 1. The lowest BCUT2D eigenvalue weighted by atomic mass is 9.73. The molecular formula is C20H27N3O2. The normalized spacial score (nSPS) is 21.6. The number of benzene rings is 1. The molecule has 0 N–H and O–H groups in total. The molecular weight excluding hydrogens is 314 g/mol.